The molecule has 0 saturated carbocycles. The molecule has 0 amide bonds. The molecule has 13 heavy (non-hydrogen) atoms. The monoisotopic (exact) mass is 179 g/mol. The van der Waals surface area contributed by atoms with Crippen molar-refractivity contribution in [3.05, 3.63) is 29.8 Å². The Labute approximate surface area is 79.6 Å². The van der Waals surface area contributed by atoms with Crippen LogP contribution in [0, 0.1) is 12.8 Å². The number of anilines is 1. The van der Waals surface area contributed by atoms with Gasteiger partial charge in [-0.15, -0.1) is 0 Å². The quantitative estimate of drug-likeness (QED) is 0.698. The fourth-order valence-electron chi connectivity index (χ4n) is 0.987. The lowest BCUT2D eigenvalue weighted by atomic mass is 10.1. The van der Waals surface area contributed by atoms with Crippen molar-refractivity contribution in [2.45, 2.75) is 27.0 Å². The highest BCUT2D eigenvalue weighted by molar-refractivity contribution is 5.44. The predicted octanol–water partition coefficient (Wildman–Crippen LogP) is 2.38. The van der Waals surface area contributed by atoms with E-state index in [0.717, 1.165) is 5.69 Å². The second-order valence-corrected chi connectivity index (χ2v) is 3.70. The molecular formula is C11H17NO. The first kappa shape index (κ1) is 10.1. The van der Waals surface area contributed by atoms with Crippen LogP contribution in [0.5, 0.6) is 0 Å². The van der Waals surface area contributed by atoms with E-state index in [9.17, 15) is 5.11 Å². The van der Waals surface area contributed by atoms with E-state index >= 15 is 0 Å². The summed E-state index contributed by atoms with van der Waals surface area (Å²) in [6, 6.07) is 7.99. The van der Waals surface area contributed by atoms with Crippen LogP contribution in [0.15, 0.2) is 24.3 Å². The molecule has 0 aliphatic heterocycles. The van der Waals surface area contributed by atoms with Gasteiger partial charge < -0.3 is 10.4 Å². The summed E-state index contributed by atoms with van der Waals surface area (Å²) in [7, 11) is 0. The van der Waals surface area contributed by atoms with Crippen LogP contribution < -0.4 is 5.32 Å². The largest absolute Gasteiger partial charge is 0.374 e. The highest BCUT2D eigenvalue weighted by Crippen LogP contribution is 2.11. The van der Waals surface area contributed by atoms with Gasteiger partial charge >= 0.3 is 0 Å². The molecule has 1 rings (SSSR count). The summed E-state index contributed by atoms with van der Waals surface area (Å²) in [5.74, 6) is 0.223. The number of aryl methyl sites for hydroxylation is 1. The van der Waals surface area contributed by atoms with Crippen LogP contribution in [0.1, 0.15) is 19.4 Å². The smallest absolute Gasteiger partial charge is 0.126 e. The number of aliphatic hydroxyl groups excluding tert-OH is 1. The van der Waals surface area contributed by atoms with Crippen molar-refractivity contribution in [3.8, 4) is 0 Å². The van der Waals surface area contributed by atoms with E-state index < -0.39 is 6.23 Å². The highest BCUT2D eigenvalue weighted by Gasteiger charge is 2.07. The van der Waals surface area contributed by atoms with Gasteiger partial charge in [-0.25, -0.2) is 0 Å². The van der Waals surface area contributed by atoms with E-state index in [-0.39, 0.29) is 5.92 Å². The summed E-state index contributed by atoms with van der Waals surface area (Å²) in [5, 5.41) is 12.6. The molecule has 0 bridgehead atoms. The Morgan fingerprint density at radius 2 is 1.69 bits per heavy atom. The lowest BCUT2D eigenvalue weighted by molar-refractivity contribution is 0.153. The Kier molecular flexibility index (Phi) is 3.32. The second-order valence-electron chi connectivity index (χ2n) is 3.70. The molecule has 0 aromatic heterocycles. The zero-order chi connectivity index (χ0) is 9.84. The van der Waals surface area contributed by atoms with Gasteiger partial charge in [0, 0.05) is 5.69 Å². The molecule has 1 aromatic rings. The fourth-order valence-corrected chi connectivity index (χ4v) is 0.987. The van der Waals surface area contributed by atoms with E-state index in [0.29, 0.717) is 0 Å². The van der Waals surface area contributed by atoms with Crippen LogP contribution >= 0.6 is 0 Å². The zero-order valence-corrected chi connectivity index (χ0v) is 8.41. The molecule has 0 fully saturated rings. The van der Waals surface area contributed by atoms with Crippen molar-refractivity contribution in [2.24, 2.45) is 5.92 Å². The third-order valence-electron chi connectivity index (χ3n) is 2.00. The van der Waals surface area contributed by atoms with Crippen LogP contribution in [-0.2, 0) is 0 Å². The third kappa shape index (κ3) is 3.07. The summed E-state index contributed by atoms with van der Waals surface area (Å²) in [4.78, 5) is 0. The first-order valence-corrected chi connectivity index (χ1v) is 4.61. The van der Waals surface area contributed by atoms with Crippen LogP contribution in [0.4, 0.5) is 5.69 Å². The van der Waals surface area contributed by atoms with Gasteiger partial charge in [0.1, 0.15) is 6.23 Å². The number of hydrogen-bond acceptors (Lipinski definition) is 2. The summed E-state index contributed by atoms with van der Waals surface area (Å²) in [5.41, 5.74) is 2.19. The maximum atomic E-state index is 9.54. The van der Waals surface area contributed by atoms with Gasteiger partial charge in [-0.2, -0.15) is 0 Å². The molecule has 0 saturated heterocycles. The lowest BCUT2D eigenvalue weighted by Crippen LogP contribution is -2.24. The maximum Gasteiger partial charge on any atom is 0.126 e. The second kappa shape index (κ2) is 4.28. The minimum absolute atomic E-state index is 0.223. The fraction of sp³-hybridized carbons (Fsp3) is 0.455. The van der Waals surface area contributed by atoms with Crippen molar-refractivity contribution in [1.82, 2.24) is 0 Å². The van der Waals surface area contributed by atoms with Crippen molar-refractivity contribution < 1.29 is 5.11 Å². The predicted molar refractivity (Wildman–Crippen MR) is 55.6 cm³/mol. The first-order chi connectivity index (χ1) is 6.09. The minimum Gasteiger partial charge on any atom is -0.374 e. The maximum absolute atomic E-state index is 9.54. The van der Waals surface area contributed by atoms with Crippen LogP contribution in [0.3, 0.4) is 0 Å². The van der Waals surface area contributed by atoms with E-state index in [1.54, 1.807) is 0 Å². The van der Waals surface area contributed by atoms with Crippen molar-refractivity contribution in [1.29, 1.82) is 0 Å². The van der Waals surface area contributed by atoms with Gasteiger partial charge in [0.25, 0.3) is 0 Å². The standard InChI is InChI=1S/C11H17NO/c1-8(2)11(13)12-10-6-4-9(3)5-7-10/h4-8,11-13H,1-3H3. The summed E-state index contributed by atoms with van der Waals surface area (Å²) in [6.07, 6.45) is -0.470. The SMILES string of the molecule is Cc1ccc(NC(O)C(C)C)cc1. The number of rotatable bonds is 3. The van der Waals surface area contributed by atoms with Crippen molar-refractivity contribution >= 4 is 5.69 Å². The molecule has 72 valence electrons. The first-order valence-electron chi connectivity index (χ1n) is 4.61. The Hall–Kier alpha value is -1.02. The molecule has 2 heteroatoms. The summed E-state index contributed by atoms with van der Waals surface area (Å²) >= 11 is 0. The molecule has 1 atom stereocenters. The topological polar surface area (TPSA) is 32.3 Å². The Balaban J connectivity index is 2.59. The average molecular weight is 179 g/mol. The summed E-state index contributed by atoms with van der Waals surface area (Å²) < 4.78 is 0. The Bertz CT molecular complexity index is 253. The average Bonchev–Trinajstić information content (AvgIpc) is 2.08. The van der Waals surface area contributed by atoms with Gasteiger partial charge in [-0.3, -0.25) is 0 Å². The molecule has 0 aliphatic carbocycles. The number of aliphatic hydroxyl groups is 1. The molecule has 2 N–H and O–H groups in total. The van der Waals surface area contributed by atoms with Gasteiger partial charge in [-0.05, 0) is 25.0 Å². The molecule has 0 aliphatic rings. The zero-order valence-electron chi connectivity index (χ0n) is 8.41. The van der Waals surface area contributed by atoms with Gasteiger partial charge in [-0.1, -0.05) is 31.5 Å². The molecule has 0 heterocycles. The van der Waals surface area contributed by atoms with Crippen LogP contribution in [0.25, 0.3) is 0 Å². The Morgan fingerprint density at radius 1 is 1.15 bits per heavy atom. The van der Waals surface area contributed by atoms with E-state index in [1.165, 1.54) is 5.56 Å². The molecule has 0 radical (unpaired) electrons. The van der Waals surface area contributed by atoms with E-state index in [4.69, 9.17) is 0 Å². The van der Waals surface area contributed by atoms with Crippen molar-refractivity contribution in [2.75, 3.05) is 5.32 Å². The minimum atomic E-state index is -0.470. The van der Waals surface area contributed by atoms with Gasteiger partial charge in [0.2, 0.25) is 0 Å². The Morgan fingerprint density at radius 3 is 2.15 bits per heavy atom. The third-order valence-corrected chi connectivity index (χ3v) is 2.00. The molecule has 2 nitrogen and oxygen atoms in total. The number of hydrogen-bond donors (Lipinski definition) is 2. The van der Waals surface area contributed by atoms with Crippen LogP contribution in [0.2, 0.25) is 0 Å². The van der Waals surface area contributed by atoms with Gasteiger partial charge in [0.15, 0.2) is 0 Å². The van der Waals surface area contributed by atoms with E-state index in [1.807, 2.05) is 45.0 Å². The molecule has 0 spiro atoms. The lowest BCUT2D eigenvalue weighted by Gasteiger charge is -2.17. The number of nitrogens with one attached hydrogen (secondary N) is 1. The van der Waals surface area contributed by atoms with E-state index in [2.05, 4.69) is 5.32 Å². The van der Waals surface area contributed by atoms with Crippen molar-refractivity contribution in [3.63, 3.8) is 0 Å². The summed E-state index contributed by atoms with van der Waals surface area (Å²) in [6.45, 7) is 6.00. The normalized spacial score (nSPS) is 13.0. The van der Waals surface area contributed by atoms with Crippen LogP contribution in [-0.4, -0.2) is 11.3 Å². The molecule has 1 unspecified atom stereocenters. The number of benzene rings is 1. The van der Waals surface area contributed by atoms with Gasteiger partial charge in [0.05, 0.1) is 0 Å². The molecular weight excluding hydrogens is 162 g/mol. The molecule has 1 aromatic carbocycles. The highest BCUT2D eigenvalue weighted by atomic mass is 16.3.